The minimum absolute atomic E-state index is 0.304. The van der Waals surface area contributed by atoms with E-state index in [1.54, 1.807) is 42.9 Å². The molecule has 0 radical (unpaired) electrons. The molecule has 2 aromatic rings. The van der Waals surface area contributed by atoms with Gasteiger partial charge in [-0.1, -0.05) is 0 Å². The summed E-state index contributed by atoms with van der Waals surface area (Å²) in [5.41, 5.74) is 4.07. The lowest BCUT2D eigenvalue weighted by Gasteiger charge is -2.08. The molecule has 0 bridgehead atoms. The van der Waals surface area contributed by atoms with Crippen LogP contribution in [0.2, 0.25) is 0 Å². The van der Waals surface area contributed by atoms with Gasteiger partial charge in [-0.05, 0) is 42.1 Å². The fourth-order valence-corrected chi connectivity index (χ4v) is 2.49. The second-order valence-corrected chi connectivity index (χ2v) is 5.18. The second kappa shape index (κ2) is 6.90. The number of carbonyl (C=O) groups is 1. The van der Waals surface area contributed by atoms with Crippen LogP contribution in [0.5, 0.6) is 11.5 Å². The summed E-state index contributed by atoms with van der Waals surface area (Å²) in [6, 6.07) is 6.95. The molecule has 0 fully saturated rings. The third-order valence-electron chi connectivity index (χ3n) is 2.90. The van der Waals surface area contributed by atoms with Crippen LogP contribution in [0.3, 0.4) is 0 Å². The van der Waals surface area contributed by atoms with Crippen molar-refractivity contribution in [1.29, 1.82) is 0 Å². The molecule has 5 nitrogen and oxygen atoms in total. The van der Waals surface area contributed by atoms with E-state index in [9.17, 15) is 4.79 Å². The van der Waals surface area contributed by atoms with E-state index in [1.165, 1.54) is 7.11 Å². The van der Waals surface area contributed by atoms with Crippen LogP contribution < -0.4 is 14.9 Å². The Hall–Kier alpha value is -2.34. The largest absolute Gasteiger partial charge is 0.493 e. The smallest absolute Gasteiger partial charge is 0.271 e. The van der Waals surface area contributed by atoms with Gasteiger partial charge >= 0.3 is 0 Å². The predicted octanol–water partition coefficient (Wildman–Crippen LogP) is 2.84. The fourth-order valence-electron chi connectivity index (χ4n) is 1.71. The number of hydrogen-bond acceptors (Lipinski definition) is 5. The molecule has 0 aliphatic carbocycles. The van der Waals surface area contributed by atoms with Crippen molar-refractivity contribution >= 4 is 23.5 Å². The number of rotatable bonds is 5. The number of nitrogens with zero attached hydrogens (tertiary/aromatic N) is 1. The Kier molecular flexibility index (Phi) is 4.94. The number of hydrazone groups is 1. The lowest BCUT2D eigenvalue weighted by molar-refractivity contribution is 0.0954. The lowest BCUT2D eigenvalue weighted by atomic mass is 10.2. The summed E-state index contributed by atoms with van der Waals surface area (Å²) < 4.78 is 10.3. The average molecular weight is 304 g/mol. The van der Waals surface area contributed by atoms with Gasteiger partial charge in [-0.3, -0.25) is 4.79 Å². The predicted molar refractivity (Wildman–Crippen MR) is 83.7 cm³/mol. The van der Waals surface area contributed by atoms with Crippen LogP contribution in [0.1, 0.15) is 20.8 Å². The zero-order valence-electron chi connectivity index (χ0n) is 12.0. The van der Waals surface area contributed by atoms with E-state index in [1.807, 2.05) is 18.4 Å². The van der Waals surface area contributed by atoms with E-state index in [-0.39, 0.29) is 5.91 Å². The van der Waals surface area contributed by atoms with Crippen molar-refractivity contribution in [3.63, 3.8) is 0 Å². The lowest BCUT2D eigenvalue weighted by Crippen LogP contribution is -2.17. The normalized spacial score (nSPS) is 10.6. The first-order valence-corrected chi connectivity index (χ1v) is 7.13. The van der Waals surface area contributed by atoms with Crippen LogP contribution in [0, 0.1) is 6.92 Å². The third kappa shape index (κ3) is 3.61. The topological polar surface area (TPSA) is 59.9 Å². The van der Waals surface area contributed by atoms with Gasteiger partial charge in [0.15, 0.2) is 11.5 Å². The number of ether oxygens (including phenoxy) is 2. The van der Waals surface area contributed by atoms with E-state index in [0.29, 0.717) is 17.1 Å². The van der Waals surface area contributed by atoms with Crippen molar-refractivity contribution in [3.8, 4) is 11.5 Å². The second-order valence-electron chi connectivity index (χ2n) is 4.24. The van der Waals surface area contributed by atoms with Crippen LogP contribution in [0.25, 0.3) is 0 Å². The molecule has 0 atom stereocenters. The van der Waals surface area contributed by atoms with Crippen LogP contribution in [-0.4, -0.2) is 26.3 Å². The molecule has 1 aromatic heterocycles. The van der Waals surface area contributed by atoms with Gasteiger partial charge < -0.3 is 9.47 Å². The maximum absolute atomic E-state index is 12.0. The third-order valence-corrected chi connectivity index (χ3v) is 3.85. The SMILES string of the molecule is COc1ccc(C(=O)NN=Cc2sccc2C)cc1OC. The molecular weight excluding hydrogens is 288 g/mol. The van der Waals surface area contributed by atoms with Crippen molar-refractivity contribution < 1.29 is 14.3 Å². The van der Waals surface area contributed by atoms with E-state index >= 15 is 0 Å². The van der Waals surface area contributed by atoms with Gasteiger partial charge in [-0.2, -0.15) is 5.10 Å². The highest BCUT2D eigenvalue weighted by Gasteiger charge is 2.09. The molecule has 0 spiro atoms. The summed E-state index contributed by atoms with van der Waals surface area (Å²) in [6.45, 7) is 1.99. The molecule has 0 saturated heterocycles. The standard InChI is InChI=1S/C15H16N2O3S/c1-10-6-7-21-14(10)9-16-17-15(18)11-4-5-12(19-2)13(8-11)20-3/h4-9H,1-3H3,(H,17,18). The number of hydrogen-bond donors (Lipinski definition) is 1. The summed E-state index contributed by atoms with van der Waals surface area (Å²) in [4.78, 5) is 13.0. The van der Waals surface area contributed by atoms with Crippen LogP contribution in [-0.2, 0) is 0 Å². The summed E-state index contributed by atoms with van der Waals surface area (Å²) in [6.07, 6.45) is 1.64. The number of thiophene rings is 1. The molecule has 1 N–H and O–H groups in total. The highest BCUT2D eigenvalue weighted by Crippen LogP contribution is 2.27. The van der Waals surface area contributed by atoms with Gasteiger partial charge in [0.2, 0.25) is 0 Å². The summed E-state index contributed by atoms with van der Waals surface area (Å²) in [5.74, 6) is 0.774. The zero-order chi connectivity index (χ0) is 15.2. The molecule has 6 heteroatoms. The maximum Gasteiger partial charge on any atom is 0.271 e. The molecular formula is C15H16N2O3S. The molecule has 1 amide bonds. The van der Waals surface area contributed by atoms with Gasteiger partial charge in [-0.15, -0.1) is 11.3 Å². The van der Waals surface area contributed by atoms with Gasteiger partial charge in [0, 0.05) is 10.4 Å². The first-order valence-electron chi connectivity index (χ1n) is 6.25. The van der Waals surface area contributed by atoms with Crippen LogP contribution in [0.4, 0.5) is 0 Å². The molecule has 0 aliphatic rings. The molecule has 21 heavy (non-hydrogen) atoms. The molecule has 1 aromatic carbocycles. The number of aryl methyl sites for hydroxylation is 1. The number of carbonyl (C=O) groups excluding carboxylic acids is 1. The number of benzene rings is 1. The van der Waals surface area contributed by atoms with Crippen molar-refractivity contribution in [2.24, 2.45) is 5.10 Å². The molecule has 0 saturated carbocycles. The highest BCUT2D eigenvalue weighted by atomic mass is 32.1. The minimum Gasteiger partial charge on any atom is -0.493 e. The molecule has 1 heterocycles. The van der Waals surface area contributed by atoms with E-state index in [4.69, 9.17) is 9.47 Å². The summed E-state index contributed by atoms with van der Waals surface area (Å²) >= 11 is 1.57. The Morgan fingerprint density at radius 3 is 2.62 bits per heavy atom. The Morgan fingerprint density at radius 2 is 2.00 bits per heavy atom. The number of nitrogens with one attached hydrogen (secondary N) is 1. The number of amides is 1. The Labute approximate surface area is 127 Å². The van der Waals surface area contributed by atoms with Crippen LogP contribution >= 0.6 is 11.3 Å². The molecule has 110 valence electrons. The van der Waals surface area contributed by atoms with Gasteiger partial charge in [0.05, 0.1) is 20.4 Å². The van der Waals surface area contributed by atoms with E-state index in [2.05, 4.69) is 10.5 Å². The van der Waals surface area contributed by atoms with Gasteiger partial charge in [0.25, 0.3) is 5.91 Å². The monoisotopic (exact) mass is 304 g/mol. The first kappa shape index (κ1) is 15.1. The highest BCUT2D eigenvalue weighted by molar-refractivity contribution is 7.11. The van der Waals surface area contributed by atoms with E-state index < -0.39 is 0 Å². The average Bonchev–Trinajstić information content (AvgIpc) is 2.91. The molecule has 0 aliphatic heterocycles. The zero-order valence-corrected chi connectivity index (χ0v) is 12.9. The Balaban J connectivity index is 2.07. The van der Waals surface area contributed by atoms with E-state index in [0.717, 1.165) is 10.4 Å². The summed E-state index contributed by atoms with van der Waals surface area (Å²) in [7, 11) is 3.07. The Morgan fingerprint density at radius 1 is 1.24 bits per heavy atom. The minimum atomic E-state index is -0.304. The van der Waals surface area contributed by atoms with Crippen LogP contribution in [0.15, 0.2) is 34.7 Å². The van der Waals surface area contributed by atoms with Crippen molar-refractivity contribution in [2.45, 2.75) is 6.92 Å². The molecule has 2 rings (SSSR count). The Bertz CT molecular complexity index is 665. The fraction of sp³-hybridized carbons (Fsp3) is 0.200. The quantitative estimate of drug-likeness (QED) is 0.682. The number of methoxy groups -OCH3 is 2. The van der Waals surface area contributed by atoms with Crippen molar-refractivity contribution in [3.05, 3.63) is 45.6 Å². The van der Waals surface area contributed by atoms with Crippen molar-refractivity contribution in [1.82, 2.24) is 5.43 Å². The molecule has 0 unspecified atom stereocenters. The van der Waals surface area contributed by atoms with Gasteiger partial charge in [-0.25, -0.2) is 5.43 Å². The maximum atomic E-state index is 12.0. The van der Waals surface area contributed by atoms with Gasteiger partial charge in [0.1, 0.15) is 0 Å². The van der Waals surface area contributed by atoms with Crippen molar-refractivity contribution in [2.75, 3.05) is 14.2 Å². The summed E-state index contributed by atoms with van der Waals surface area (Å²) in [5, 5.41) is 5.94. The first-order chi connectivity index (χ1) is 10.2.